The lowest BCUT2D eigenvalue weighted by Crippen LogP contribution is -2.32. The number of rotatable bonds is 4. The number of benzene rings is 1. The van der Waals surface area contributed by atoms with Gasteiger partial charge in [0.1, 0.15) is 11.4 Å². The van der Waals surface area contributed by atoms with E-state index >= 15 is 0 Å². The Hall–Kier alpha value is -3.36. The Kier molecular flexibility index (Phi) is 4.52. The first-order valence-corrected chi connectivity index (χ1v) is 9.01. The van der Waals surface area contributed by atoms with E-state index in [1.807, 2.05) is 6.92 Å². The van der Waals surface area contributed by atoms with Crippen LogP contribution in [-0.4, -0.2) is 27.6 Å². The lowest BCUT2D eigenvalue weighted by molar-refractivity contribution is -0.137. The van der Waals surface area contributed by atoms with Crippen molar-refractivity contribution in [3.8, 4) is 11.4 Å². The fraction of sp³-hybridized carbons (Fsp3) is 0.250. The molecule has 9 heteroatoms. The van der Waals surface area contributed by atoms with Crippen molar-refractivity contribution in [1.82, 2.24) is 20.5 Å². The van der Waals surface area contributed by atoms with Crippen LogP contribution in [0.1, 0.15) is 24.6 Å². The third-order valence-corrected chi connectivity index (χ3v) is 5.13. The highest BCUT2D eigenvalue weighted by atomic mass is 19.4. The van der Waals surface area contributed by atoms with E-state index in [2.05, 4.69) is 25.8 Å². The highest BCUT2D eigenvalue weighted by Crippen LogP contribution is 2.34. The molecule has 2 aromatic heterocycles. The van der Waals surface area contributed by atoms with E-state index in [0.717, 1.165) is 12.1 Å². The molecule has 1 fully saturated rings. The van der Waals surface area contributed by atoms with E-state index in [1.165, 1.54) is 12.1 Å². The molecule has 6 nitrogen and oxygen atoms in total. The molecule has 3 N–H and O–H groups in total. The Morgan fingerprint density at radius 1 is 1.17 bits per heavy atom. The molecule has 0 radical (unpaired) electrons. The van der Waals surface area contributed by atoms with Crippen LogP contribution in [0.15, 0.2) is 48.7 Å². The van der Waals surface area contributed by atoms with Crippen LogP contribution in [0.5, 0.6) is 0 Å². The van der Waals surface area contributed by atoms with Crippen LogP contribution in [0.2, 0.25) is 0 Å². The molecule has 1 aromatic carbocycles. The average Bonchev–Trinajstić information content (AvgIpc) is 3.30. The fourth-order valence-corrected chi connectivity index (χ4v) is 3.33. The molecule has 3 heterocycles. The molecule has 1 amide bonds. The number of pyridine rings is 1. The summed E-state index contributed by atoms with van der Waals surface area (Å²) < 4.78 is 38.3. The lowest BCUT2D eigenvalue weighted by Gasteiger charge is -2.17. The predicted octanol–water partition coefficient (Wildman–Crippen LogP) is 4.01. The largest absolute Gasteiger partial charge is 0.416 e. The van der Waals surface area contributed by atoms with Crippen LogP contribution < -0.4 is 10.6 Å². The van der Waals surface area contributed by atoms with Crippen molar-refractivity contribution in [3.05, 3.63) is 59.9 Å². The minimum absolute atomic E-state index is 0.0585. The molecule has 1 atom stereocenters. The third-order valence-electron chi connectivity index (χ3n) is 5.13. The highest BCUT2D eigenvalue weighted by molar-refractivity contribution is 5.89. The van der Waals surface area contributed by atoms with Gasteiger partial charge in [0.05, 0.1) is 22.4 Å². The van der Waals surface area contributed by atoms with E-state index in [1.54, 1.807) is 24.4 Å². The maximum absolute atomic E-state index is 12.8. The Labute approximate surface area is 164 Å². The number of hydrogen-bond acceptors (Lipinski definition) is 4. The zero-order chi connectivity index (χ0) is 20.6. The summed E-state index contributed by atoms with van der Waals surface area (Å²) in [5.41, 5.74) is 1.44. The first-order valence-electron chi connectivity index (χ1n) is 9.01. The van der Waals surface area contributed by atoms with Crippen LogP contribution in [0.4, 0.5) is 24.5 Å². The van der Waals surface area contributed by atoms with Gasteiger partial charge in [-0.3, -0.25) is 14.9 Å². The first-order chi connectivity index (χ1) is 13.8. The second-order valence-corrected chi connectivity index (χ2v) is 7.10. The molecule has 1 aliphatic heterocycles. The number of nitrogens with one attached hydrogen (secondary N) is 3. The van der Waals surface area contributed by atoms with E-state index in [-0.39, 0.29) is 5.91 Å². The standard InChI is InChI=1S/C20H18F3N5O/c1-19(8-10-25-18(19)29)16-11-15(27-28-16)17-14(3-2-9-24-17)26-13-6-4-12(5-7-13)20(21,22)23/h2-7,9,11,26H,8,10H2,1H3,(H,25,29)(H,27,28). The number of nitrogens with zero attached hydrogens (tertiary/aromatic N) is 2. The van der Waals surface area contributed by atoms with Crippen molar-refractivity contribution in [2.45, 2.75) is 24.9 Å². The second kappa shape index (κ2) is 6.91. The molecule has 4 rings (SSSR count). The predicted molar refractivity (Wildman–Crippen MR) is 102 cm³/mol. The van der Waals surface area contributed by atoms with Crippen LogP contribution in [0.3, 0.4) is 0 Å². The first kappa shape index (κ1) is 19.0. The summed E-state index contributed by atoms with van der Waals surface area (Å²) in [5, 5.41) is 13.1. The zero-order valence-electron chi connectivity index (χ0n) is 15.5. The van der Waals surface area contributed by atoms with Crippen LogP contribution in [0.25, 0.3) is 11.4 Å². The van der Waals surface area contributed by atoms with Gasteiger partial charge >= 0.3 is 6.18 Å². The van der Waals surface area contributed by atoms with Crippen molar-refractivity contribution in [3.63, 3.8) is 0 Å². The summed E-state index contributed by atoms with van der Waals surface area (Å²) >= 11 is 0. The zero-order valence-corrected chi connectivity index (χ0v) is 15.5. The van der Waals surface area contributed by atoms with Gasteiger partial charge in [-0.25, -0.2) is 0 Å². The monoisotopic (exact) mass is 401 g/mol. The Bertz CT molecular complexity index is 1040. The van der Waals surface area contributed by atoms with Crippen LogP contribution in [-0.2, 0) is 16.4 Å². The van der Waals surface area contributed by atoms with E-state index < -0.39 is 17.2 Å². The second-order valence-electron chi connectivity index (χ2n) is 7.10. The summed E-state index contributed by atoms with van der Waals surface area (Å²) in [5.74, 6) is -0.0585. The van der Waals surface area contributed by atoms with Gasteiger partial charge in [0.25, 0.3) is 0 Å². The summed E-state index contributed by atoms with van der Waals surface area (Å²) in [4.78, 5) is 16.5. The number of H-pyrrole nitrogens is 1. The summed E-state index contributed by atoms with van der Waals surface area (Å²) in [7, 11) is 0. The number of hydrogen-bond donors (Lipinski definition) is 3. The topological polar surface area (TPSA) is 82.7 Å². The SMILES string of the molecule is CC1(c2cc(-c3ncccc3Nc3ccc(C(F)(F)F)cc3)n[nH]2)CCNC1=O. The van der Waals surface area contributed by atoms with Gasteiger partial charge in [-0.15, -0.1) is 0 Å². The lowest BCUT2D eigenvalue weighted by atomic mass is 9.85. The smallest absolute Gasteiger partial charge is 0.355 e. The Morgan fingerprint density at radius 2 is 1.93 bits per heavy atom. The van der Waals surface area contributed by atoms with Gasteiger partial charge in [-0.05, 0) is 55.8 Å². The molecule has 0 bridgehead atoms. The number of anilines is 2. The van der Waals surface area contributed by atoms with Crippen molar-refractivity contribution >= 4 is 17.3 Å². The third kappa shape index (κ3) is 3.55. The van der Waals surface area contributed by atoms with E-state index in [4.69, 9.17) is 0 Å². The molecule has 29 heavy (non-hydrogen) atoms. The Balaban J connectivity index is 1.62. The number of alkyl halides is 3. The number of aromatic amines is 1. The molecule has 1 aliphatic rings. The number of carbonyl (C=O) groups excluding carboxylic acids is 1. The van der Waals surface area contributed by atoms with Crippen LogP contribution in [0, 0.1) is 0 Å². The number of carbonyl (C=O) groups is 1. The van der Waals surface area contributed by atoms with Gasteiger partial charge < -0.3 is 10.6 Å². The van der Waals surface area contributed by atoms with Crippen molar-refractivity contribution < 1.29 is 18.0 Å². The molecule has 0 aliphatic carbocycles. The van der Waals surface area contributed by atoms with Crippen LogP contribution >= 0.6 is 0 Å². The molecule has 1 unspecified atom stereocenters. The number of halogens is 3. The Morgan fingerprint density at radius 3 is 2.59 bits per heavy atom. The molecule has 3 aromatic rings. The fourth-order valence-electron chi connectivity index (χ4n) is 3.33. The summed E-state index contributed by atoms with van der Waals surface area (Å²) in [6, 6.07) is 10.0. The minimum atomic E-state index is -4.38. The van der Waals surface area contributed by atoms with Gasteiger partial charge in [0.15, 0.2) is 0 Å². The molecule has 1 saturated heterocycles. The summed E-state index contributed by atoms with van der Waals surface area (Å²) in [6.07, 6.45) is -2.12. The van der Waals surface area contributed by atoms with E-state index in [9.17, 15) is 18.0 Å². The van der Waals surface area contributed by atoms with Gasteiger partial charge in [0, 0.05) is 18.4 Å². The highest BCUT2D eigenvalue weighted by Gasteiger charge is 2.41. The van der Waals surface area contributed by atoms with Crippen molar-refractivity contribution in [1.29, 1.82) is 0 Å². The van der Waals surface area contributed by atoms with Crippen molar-refractivity contribution in [2.75, 3.05) is 11.9 Å². The normalized spacial score (nSPS) is 19.2. The van der Waals surface area contributed by atoms with E-state index in [0.29, 0.717) is 41.4 Å². The van der Waals surface area contributed by atoms with Crippen molar-refractivity contribution in [2.24, 2.45) is 0 Å². The number of amides is 1. The quantitative estimate of drug-likeness (QED) is 0.617. The van der Waals surface area contributed by atoms with Gasteiger partial charge in [0.2, 0.25) is 5.91 Å². The number of aromatic nitrogens is 3. The minimum Gasteiger partial charge on any atom is -0.355 e. The van der Waals surface area contributed by atoms with Gasteiger partial charge in [-0.2, -0.15) is 18.3 Å². The molecule has 0 spiro atoms. The molecule has 150 valence electrons. The van der Waals surface area contributed by atoms with Gasteiger partial charge in [-0.1, -0.05) is 0 Å². The maximum atomic E-state index is 12.8. The summed E-state index contributed by atoms with van der Waals surface area (Å²) in [6.45, 7) is 2.46. The molecular weight excluding hydrogens is 383 g/mol. The molecule has 0 saturated carbocycles. The average molecular weight is 401 g/mol. The maximum Gasteiger partial charge on any atom is 0.416 e. The molecular formula is C20H18F3N5O.